The molecule has 2 N–H and O–H groups in total. The minimum atomic E-state index is -0.158. The highest BCUT2D eigenvalue weighted by atomic mass is 16.2. The molecule has 1 heterocycles. The average molecular weight is 297 g/mol. The van der Waals surface area contributed by atoms with Gasteiger partial charge in [0.15, 0.2) is 0 Å². The zero-order chi connectivity index (χ0) is 15.8. The standard InChI is InChI=1S/C17H19N3O2/c1-13(21)20-16-8-2-7-15(11-16)17(22)19-10-4-6-14-5-3-9-18-12-14/h2-3,5,7-9,11-12H,4,6,10H2,1H3,(H,19,22)(H,20,21). The molecule has 2 aromatic rings. The normalized spacial score (nSPS) is 10.0. The summed E-state index contributed by atoms with van der Waals surface area (Å²) in [6, 6.07) is 10.8. The Morgan fingerprint density at radius 2 is 2.05 bits per heavy atom. The van der Waals surface area contributed by atoms with Crippen LogP contribution in [0.4, 0.5) is 5.69 Å². The molecule has 2 rings (SSSR count). The molecule has 22 heavy (non-hydrogen) atoms. The molecule has 0 spiro atoms. The quantitative estimate of drug-likeness (QED) is 0.804. The van der Waals surface area contributed by atoms with Gasteiger partial charge in [-0.05, 0) is 42.7 Å². The third-order valence-electron chi connectivity index (χ3n) is 3.10. The van der Waals surface area contributed by atoms with Gasteiger partial charge in [0.1, 0.15) is 0 Å². The molecule has 0 saturated carbocycles. The second-order valence-electron chi connectivity index (χ2n) is 4.98. The van der Waals surface area contributed by atoms with Crippen molar-refractivity contribution in [1.29, 1.82) is 0 Å². The van der Waals surface area contributed by atoms with Gasteiger partial charge in [-0.1, -0.05) is 12.1 Å². The highest BCUT2D eigenvalue weighted by molar-refractivity contribution is 5.96. The summed E-state index contributed by atoms with van der Waals surface area (Å²) in [5, 5.41) is 5.54. The van der Waals surface area contributed by atoms with Gasteiger partial charge in [-0.3, -0.25) is 14.6 Å². The van der Waals surface area contributed by atoms with Gasteiger partial charge in [0, 0.05) is 37.1 Å². The molecule has 0 aliphatic carbocycles. The molecule has 114 valence electrons. The number of aryl methyl sites for hydroxylation is 1. The van der Waals surface area contributed by atoms with Crippen molar-refractivity contribution in [3.8, 4) is 0 Å². The van der Waals surface area contributed by atoms with Gasteiger partial charge in [-0.2, -0.15) is 0 Å². The van der Waals surface area contributed by atoms with Crippen molar-refractivity contribution < 1.29 is 9.59 Å². The summed E-state index contributed by atoms with van der Waals surface area (Å²) >= 11 is 0. The highest BCUT2D eigenvalue weighted by Crippen LogP contribution is 2.10. The van der Waals surface area contributed by atoms with Gasteiger partial charge >= 0.3 is 0 Å². The molecule has 1 aromatic heterocycles. The number of carbonyl (C=O) groups excluding carboxylic acids is 2. The van der Waals surface area contributed by atoms with E-state index < -0.39 is 0 Å². The Labute approximate surface area is 129 Å². The summed E-state index contributed by atoms with van der Waals surface area (Å²) in [5.41, 5.74) is 2.31. The first-order chi connectivity index (χ1) is 10.6. The monoisotopic (exact) mass is 297 g/mol. The van der Waals surface area contributed by atoms with Gasteiger partial charge in [0.25, 0.3) is 5.91 Å². The van der Waals surface area contributed by atoms with Crippen LogP contribution in [0.2, 0.25) is 0 Å². The van der Waals surface area contributed by atoms with Crippen LogP contribution in [0.5, 0.6) is 0 Å². The first-order valence-corrected chi connectivity index (χ1v) is 7.20. The van der Waals surface area contributed by atoms with Crippen LogP contribution >= 0.6 is 0 Å². The fraction of sp³-hybridized carbons (Fsp3) is 0.235. The van der Waals surface area contributed by atoms with Crippen LogP contribution in [0.3, 0.4) is 0 Å². The number of aromatic nitrogens is 1. The molecular weight excluding hydrogens is 278 g/mol. The Bertz CT molecular complexity index is 641. The molecular formula is C17H19N3O2. The van der Waals surface area contributed by atoms with Crippen molar-refractivity contribution in [1.82, 2.24) is 10.3 Å². The Morgan fingerprint density at radius 1 is 1.18 bits per heavy atom. The number of benzene rings is 1. The van der Waals surface area contributed by atoms with Crippen LogP contribution in [0.15, 0.2) is 48.8 Å². The Kier molecular flexibility index (Phi) is 5.65. The van der Waals surface area contributed by atoms with Crippen molar-refractivity contribution >= 4 is 17.5 Å². The lowest BCUT2D eigenvalue weighted by molar-refractivity contribution is -0.114. The van der Waals surface area contributed by atoms with Gasteiger partial charge in [-0.25, -0.2) is 0 Å². The molecule has 0 radical (unpaired) electrons. The molecule has 2 amide bonds. The number of hydrogen-bond donors (Lipinski definition) is 2. The Morgan fingerprint density at radius 3 is 2.77 bits per heavy atom. The van der Waals surface area contributed by atoms with Crippen molar-refractivity contribution in [2.24, 2.45) is 0 Å². The SMILES string of the molecule is CC(=O)Nc1cccc(C(=O)NCCCc2cccnc2)c1. The Balaban J connectivity index is 1.81. The van der Waals surface area contributed by atoms with Gasteiger partial charge in [0.05, 0.1) is 0 Å². The molecule has 5 heteroatoms. The lowest BCUT2D eigenvalue weighted by Gasteiger charge is -2.07. The van der Waals surface area contributed by atoms with Crippen LogP contribution in [0.1, 0.15) is 29.3 Å². The summed E-state index contributed by atoms with van der Waals surface area (Å²) in [5.74, 6) is -0.299. The van der Waals surface area contributed by atoms with E-state index in [9.17, 15) is 9.59 Å². The summed E-state index contributed by atoms with van der Waals surface area (Å²) in [4.78, 5) is 27.1. The number of nitrogens with zero attached hydrogens (tertiary/aromatic N) is 1. The maximum absolute atomic E-state index is 12.1. The number of nitrogens with one attached hydrogen (secondary N) is 2. The van der Waals surface area contributed by atoms with E-state index in [1.165, 1.54) is 6.92 Å². The highest BCUT2D eigenvalue weighted by Gasteiger charge is 2.06. The molecule has 0 atom stereocenters. The minimum Gasteiger partial charge on any atom is -0.352 e. The second kappa shape index (κ2) is 7.93. The molecule has 0 unspecified atom stereocenters. The number of hydrogen-bond acceptors (Lipinski definition) is 3. The van der Waals surface area contributed by atoms with Crippen LogP contribution < -0.4 is 10.6 Å². The van der Waals surface area contributed by atoms with Gasteiger partial charge < -0.3 is 10.6 Å². The van der Waals surface area contributed by atoms with E-state index in [1.54, 1.807) is 30.5 Å². The van der Waals surface area contributed by atoms with Crippen LogP contribution in [0.25, 0.3) is 0 Å². The third kappa shape index (κ3) is 5.01. The fourth-order valence-corrected chi connectivity index (χ4v) is 2.08. The first-order valence-electron chi connectivity index (χ1n) is 7.20. The summed E-state index contributed by atoms with van der Waals surface area (Å²) in [6.45, 7) is 2.03. The lowest BCUT2D eigenvalue weighted by atomic mass is 10.1. The number of carbonyl (C=O) groups is 2. The smallest absolute Gasteiger partial charge is 0.251 e. The molecule has 0 bridgehead atoms. The van der Waals surface area contributed by atoms with Crippen molar-refractivity contribution in [3.05, 3.63) is 59.9 Å². The van der Waals surface area contributed by atoms with E-state index in [2.05, 4.69) is 15.6 Å². The van der Waals surface area contributed by atoms with Crippen LogP contribution in [-0.4, -0.2) is 23.3 Å². The number of pyridine rings is 1. The summed E-state index contributed by atoms with van der Waals surface area (Å²) in [7, 11) is 0. The zero-order valence-corrected chi connectivity index (χ0v) is 12.5. The molecule has 0 aliphatic heterocycles. The Hall–Kier alpha value is -2.69. The molecule has 0 saturated heterocycles. The first kappa shape index (κ1) is 15.7. The topological polar surface area (TPSA) is 71.1 Å². The van der Waals surface area contributed by atoms with Crippen molar-refractivity contribution in [2.45, 2.75) is 19.8 Å². The maximum atomic E-state index is 12.1. The number of amides is 2. The predicted octanol–water partition coefficient (Wildman–Crippen LogP) is 2.40. The van der Waals surface area contributed by atoms with E-state index >= 15 is 0 Å². The molecule has 0 aliphatic rings. The van der Waals surface area contributed by atoms with E-state index in [4.69, 9.17) is 0 Å². The largest absolute Gasteiger partial charge is 0.352 e. The molecule has 0 fully saturated rings. The lowest BCUT2D eigenvalue weighted by Crippen LogP contribution is -2.24. The summed E-state index contributed by atoms with van der Waals surface area (Å²) in [6.07, 6.45) is 5.30. The van der Waals surface area contributed by atoms with Crippen LogP contribution in [0, 0.1) is 0 Å². The van der Waals surface area contributed by atoms with E-state index in [0.717, 1.165) is 18.4 Å². The predicted molar refractivity (Wildman–Crippen MR) is 85.6 cm³/mol. The van der Waals surface area contributed by atoms with Crippen LogP contribution in [-0.2, 0) is 11.2 Å². The third-order valence-corrected chi connectivity index (χ3v) is 3.10. The second-order valence-corrected chi connectivity index (χ2v) is 4.98. The van der Waals surface area contributed by atoms with E-state index in [0.29, 0.717) is 17.8 Å². The van der Waals surface area contributed by atoms with Gasteiger partial charge in [-0.15, -0.1) is 0 Å². The number of anilines is 1. The van der Waals surface area contributed by atoms with Crippen molar-refractivity contribution in [2.75, 3.05) is 11.9 Å². The summed E-state index contributed by atoms with van der Waals surface area (Å²) < 4.78 is 0. The fourth-order valence-electron chi connectivity index (χ4n) is 2.08. The zero-order valence-electron chi connectivity index (χ0n) is 12.5. The number of rotatable bonds is 6. The maximum Gasteiger partial charge on any atom is 0.251 e. The minimum absolute atomic E-state index is 0.140. The molecule has 1 aromatic carbocycles. The molecule has 5 nitrogen and oxygen atoms in total. The van der Waals surface area contributed by atoms with E-state index in [1.807, 2.05) is 18.3 Å². The van der Waals surface area contributed by atoms with E-state index in [-0.39, 0.29) is 11.8 Å². The average Bonchev–Trinajstić information content (AvgIpc) is 2.52. The van der Waals surface area contributed by atoms with Crippen molar-refractivity contribution in [3.63, 3.8) is 0 Å². The van der Waals surface area contributed by atoms with Gasteiger partial charge in [0.2, 0.25) is 5.91 Å².